The van der Waals surface area contributed by atoms with Crippen molar-refractivity contribution in [3.8, 4) is 10.6 Å². The predicted octanol–water partition coefficient (Wildman–Crippen LogP) is 3.23. The van der Waals surface area contributed by atoms with E-state index in [1.54, 1.807) is 17.5 Å². The van der Waals surface area contributed by atoms with Gasteiger partial charge in [0.05, 0.1) is 20.1 Å². The van der Waals surface area contributed by atoms with E-state index < -0.39 is 0 Å². The predicted molar refractivity (Wildman–Crippen MR) is 71.3 cm³/mol. The van der Waals surface area contributed by atoms with Gasteiger partial charge in [-0.15, -0.1) is 11.3 Å². The van der Waals surface area contributed by atoms with Crippen LogP contribution in [0.1, 0.15) is 10.7 Å². The van der Waals surface area contributed by atoms with Gasteiger partial charge in [-0.05, 0) is 29.8 Å². The highest BCUT2D eigenvalue weighted by Gasteiger charge is 2.11. The van der Waals surface area contributed by atoms with Gasteiger partial charge in [0.2, 0.25) is 5.78 Å². The zero-order valence-corrected chi connectivity index (χ0v) is 11.7. The summed E-state index contributed by atoms with van der Waals surface area (Å²) >= 11 is 5.06. The van der Waals surface area contributed by atoms with Gasteiger partial charge in [-0.25, -0.2) is 15.0 Å². The van der Waals surface area contributed by atoms with Gasteiger partial charge in [-0.3, -0.25) is 4.40 Å². The molecular formula is C11H9BrN4S. The highest BCUT2D eigenvalue weighted by atomic mass is 79.9. The quantitative estimate of drug-likeness (QED) is 0.693. The van der Waals surface area contributed by atoms with Crippen LogP contribution in [0.25, 0.3) is 16.3 Å². The van der Waals surface area contributed by atoms with Crippen LogP contribution in [0, 0.1) is 13.8 Å². The average Bonchev–Trinajstić information content (AvgIpc) is 2.80. The molecule has 0 amide bonds. The van der Waals surface area contributed by atoms with Gasteiger partial charge in [0.15, 0.2) is 0 Å². The summed E-state index contributed by atoms with van der Waals surface area (Å²) in [6.45, 7) is 4.01. The molecule has 0 fully saturated rings. The molecule has 0 atom stereocenters. The molecule has 0 unspecified atom stereocenters. The van der Waals surface area contributed by atoms with Crippen LogP contribution in [0.3, 0.4) is 0 Å². The number of nitrogens with zero attached hydrogens (tertiary/aromatic N) is 4. The fourth-order valence-electron chi connectivity index (χ4n) is 1.74. The molecule has 6 heteroatoms. The maximum Gasteiger partial charge on any atom is 0.234 e. The van der Waals surface area contributed by atoms with Crippen molar-refractivity contribution in [2.24, 2.45) is 0 Å². The number of thiazole rings is 1. The molecule has 3 aromatic rings. The molecule has 4 nitrogen and oxygen atoms in total. The third kappa shape index (κ3) is 1.87. The lowest BCUT2D eigenvalue weighted by atomic mass is 10.3. The summed E-state index contributed by atoms with van der Waals surface area (Å²) in [6.07, 6.45) is 5.67. The van der Waals surface area contributed by atoms with Crippen LogP contribution in [-0.2, 0) is 0 Å². The molecule has 0 saturated carbocycles. The second kappa shape index (κ2) is 3.89. The van der Waals surface area contributed by atoms with Gasteiger partial charge in [-0.2, -0.15) is 0 Å². The van der Waals surface area contributed by atoms with Crippen molar-refractivity contribution in [1.82, 2.24) is 19.4 Å². The van der Waals surface area contributed by atoms with E-state index >= 15 is 0 Å². The molecule has 0 saturated heterocycles. The summed E-state index contributed by atoms with van der Waals surface area (Å²) in [5, 5.41) is 1.06. The fraction of sp³-hybridized carbons (Fsp3) is 0.182. The highest BCUT2D eigenvalue weighted by molar-refractivity contribution is 9.10. The van der Waals surface area contributed by atoms with Gasteiger partial charge in [0.25, 0.3) is 0 Å². The third-order valence-electron chi connectivity index (χ3n) is 2.41. The number of aromatic nitrogens is 4. The molecule has 17 heavy (non-hydrogen) atoms. The van der Waals surface area contributed by atoms with Crippen LogP contribution >= 0.6 is 27.3 Å². The molecule has 0 aromatic carbocycles. The van der Waals surface area contributed by atoms with E-state index in [2.05, 4.69) is 30.9 Å². The van der Waals surface area contributed by atoms with E-state index in [1.807, 2.05) is 30.6 Å². The summed E-state index contributed by atoms with van der Waals surface area (Å²) in [6, 6.07) is 0. The first-order valence-electron chi connectivity index (χ1n) is 5.08. The van der Waals surface area contributed by atoms with E-state index in [0.717, 1.165) is 25.7 Å². The molecule has 0 spiro atoms. The van der Waals surface area contributed by atoms with Gasteiger partial charge in [0.1, 0.15) is 5.69 Å². The van der Waals surface area contributed by atoms with Crippen LogP contribution in [0.15, 0.2) is 23.1 Å². The van der Waals surface area contributed by atoms with E-state index in [9.17, 15) is 0 Å². The standard InChI is InChI=1S/C11H9BrN4S/c1-6-10(17-7(2)14-6)9-5-16-4-8(12)3-13-11(16)15-9/h3-5H,1-2H3. The Hall–Kier alpha value is -1.27. The van der Waals surface area contributed by atoms with E-state index in [4.69, 9.17) is 0 Å². The first-order valence-corrected chi connectivity index (χ1v) is 6.69. The summed E-state index contributed by atoms with van der Waals surface area (Å²) < 4.78 is 2.85. The molecule has 3 rings (SSSR count). The summed E-state index contributed by atoms with van der Waals surface area (Å²) in [7, 11) is 0. The summed E-state index contributed by atoms with van der Waals surface area (Å²) in [4.78, 5) is 14.3. The summed E-state index contributed by atoms with van der Waals surface area (Å²) in [5.74, 6) is 0.702. The molecule has 3 aromatic heterocycles. The lowest BCUT2D eigenvalue weighted by molar-refractivity contribution is 1.10. The lowest BCUT2D eigenvalue weighted by Crippen LogP contribution is -1.85. The third-order valence-corrected chi connectivity index (χ3v) is 3.92. The number of hydrogen-bond donors (Lipinski definition) is 0. The van der Waals surface area contributed by atoms with E-state index in [1.165, 1.54) is 0 Å². The minimum absolute atomic E-state index is 0.702. The second-order valence-electron chi connectivity index (χ2n) is 3.75. The first-order chi connectivity index (χ1) is 8.13. The lowest BCUT2D eigenvalue weighted by Gasteiger charge is -1.90. The number of imidazole rings is 1. The van der Waals surface area contributed by atoms with Gasteiger partial charge < -0.3 is 0 Å². The molecule has 0 aliphatic heterocycles. The largest absolute Gasteiger partial charge is 0.289 e. The van der Waals surface area contributed by atoms with Crippen molar-refractivity contribution in [3.63, 3.8) is 0 Å². The molecule has 0 N–H and O–H groups in total. The Morgan fingerprint density at radius 3 is 2.76 bits per heavy atom. The smallest absolute Gasteiger partial charge is 0.234 e. The molecule has 3 heterocycles. The van der Waals surface area contributed by atoms with Crippen molar-refractivity contribution in [1.29, 1.82) is 0 Å². The normalized spacial score (nSPS) is 11.2. The fourth-order valence-corrected chi connectivity index (χ4v) is 2.94. The first kappa shape index (κ1) is 10.9. The minimum Gasteiger partial charge on any atom is -0.289 e. The van der Waals surface area contributed by atoms with Crippen molar-refractivity contribution in [3.05, 3.63) is 33.8 Å². The van der Waals surface area contributed by atoms with Crippen molar-refractivity contribution < 1.29 is 0 Å². The molecule has 0 bridgehead atoms. The van der Waals surface area contributed by atoms with Gasteiger partial charge >= 0.3 is 0 Å². The SMILES string of the molecule is Cc1nc(C)c(-c2cn3cc(Br)cnc3n2)s1. The number of fused-ring (bicyclic) bond motifs is 1. The van der Waals surface area contributed by atoms with Crippen LogP contribution in [0.2, 0.25) is 0 Å². The maximum absolute atomic E-state index is 4.50. The second-order valence-corrected chi connectivity index (χ2v) is 5.87. The Bertz CT molecular complexity index is 701. The Labute approximate surface area is 111 Å². The van der Waals surface area contributed by atoms with Crippen molar-refractivity contribution in [2.75, 3.05) is 0 Å². The Kier molecular flexibility index (Phi) is 2.48. The molecule has 0 aliphatic carbocycles. The van der Waals surface area contributed by atoms with Crippen LogP contribution < -0.4 is 0 Å². The topological polar surface area (TPSA) is 43.1 Å². The Morgan fingerprint density at radius 2 is 2.06 bits per heavy atom. The van der Waals surface area contributed by atoms with Gasteiger partial charge in [0, 0.05) is 18.6 Å². The molecule has 86 valence electrons. The van der Waals surface area contributed by atoms with Crippen molar-refractivity contribution in [2.45, 2.75) is 13.8 Å². The number of rotatable bonds is 1. The molecule has 0 aliphatic rings. The highest BCUT2D eigenvalue weighted by Crippen LogP contribution is 2.28. The van der Waals surface area contributed by atoms with Gasteiger partial charge in [-0.1, -0.05) is 0 Å². The van der Waals surface area contributed by atoms with E-state index in [0.29, 0.717) is 5.78 Å². The number of halogens is 1. The van der Waals surface area contributed by atoms with Crippen LogP contribution in [0.4, 0.5) is 0 Å². The zero-order chi connectivity index (χ0) is 12.0. The summed E-state index contributed by atoms with van der Waals surface area (Å²) in [5.41, 5.74) is 1.95. The number of aryl methyl sites for hydroxylation is 2. The number of hydrogen-bond acceptors (Lipinski definition) is 4. The zero-order valence-electron chi connectivity index (χ0n) is 9.31. The van der Waals surface area contributed by atoms with Crippen LogP contribution in [-0.4, -0.2) is 19.4 Å². The monoisotopic (exact) mass is 308 g/mol. The maximum atomic E-state index is 4.50. The average molecular weight is 309 g/mol. The Balaban J connectivity index is 2.21. The van der Waals surface area contributed by atoms with Crippen LogP contribution in [0.5, 0.6) is 0 Å². The van der Waals surface area contributed by atoms with Crippen molar-refractivity contribution >= 4 is 33.0 Å². The van der Waals surface area contributed by atoms with E-state index in [-0.39, 0.29) is 0 Å². The Morgan fingerprint density at radius 1 is 1.24 bits per heavy atom. The molecular weight excluding hydrogens is 300 g/mol. The molecule has 0 radical (unpaired) electrons. The minimum atomic E-state index is 0.702.